The highest BCUT2D eigenvalue weighted by atomic mass is 15.5. The Balaban J connectivity index is 2.41. The van der Waals surface area contributed by atoms with E-state index in [0.29, 0.717) is 0 Å². The average molecular weight is 161 g/mol. The van der Waals surface area contributed by atoms with E-state index in [9.17, 15) is 0 Å². The maximum absolute atomic E-state index is 4.03. The molecule has 1 aromatic carbocycles. The Hall–Kier alpha value is -1.38. The van der Waals surface area contributed by atoms with E-state index in [1.54, 1.807) is 0 Å². The molecule has 1 aliphatic heterocycles. The molecule has 0 bridgehead atoms. The molecule has 1 radical (unpaired) electrons. The molecule has 1 aliphatic rings. The molecule has 1 N–H and O–H groups in total. The monoisotopic (exact) mass is 161 g/mol. The van der Waals surface area contributed by atoms with Crippen molar-refractivity contribution in [3.8, 4) is 0 Å². The van der Waals surface area contributed by atoms with Gasteiger partial charge in [0.05, 0.1) is 0 Å². The summed E-state index contributed by atoms with van der Waals surface area (Å²) < 4.78 is 0. The third-order valence-electron chi connectivity index (χ3n) is 1.96. The number of nitrogens with zero attached hydrogens (tertiary/aromatic N) is 2. The van der Waals surface area contributed by atoms with Gasteiger partial charge in [-0.2, -0.15) is 0 Å². The summed E-state index contributed by atoms with van der Waals surface area (Å²) in [6.45, 7) is 2.17. The van der Waals surface area contributed by atoms with Crippen molar-refractivity contribution in [3.63, 3.8) is 0 Å². The van der Waals surface area contributed by atoms with Crippen LogP contribution in [-0.2, 0) is 6.42 Å². The Morgan fingerprint density at radius 3 is 3.25 bits per heavy atom. The second-order valence-electron chi connectivity index (χ2n) is 2.88. The molecule has 0 saturated carbocycles. The quantitative estimate of drug-likeness (QED) is 0.710. The number of rotatable bonds is 2. The summed E-state index contributed by atoms with van der Waals surface area (Å²) in [7, 11) is 0. The van der Waals surface area contributed by atoms with Gasteiger partial charge in [0, 0.05) is 0 Å². The van der Waals surface area contributed by atoms with E-state index < -0.39 is 0 Å². The Morgan fingerprint density at radius 2 is 2.42 bits per heavy atom. The first-order chi connectivity index (χ1) is 5.92. The largest absolute Gasteiger partial charge is 0.331 e. The first-order valence-electron chi connectivity index (χ1n) is 4.20. The van der Waals surface area contributed by atoms with Crippen molar-refractivity contribution in [2.24, 2.45) is 5.11 Å². The van der Waals surface area contributed by atoms with Gasteiger partial charge in [-0.05, 0) is 18.1 Å². The Kier molecular flexibility index (Phi) is 1.78. The van der Waals surface area contributed by atoms with Gasteiger partial charge in [-0.1, -0.05) is 30.9 Å². The molecule has 1 heterocycles. The molecule has 3 heteroatoms. The van der Waals surface area contributed by atoms with Gasteiger partial charge in [0.25, 0.3) is 0 Å². The maximum atomic E-state index is 4.03. The molecule has 2 rings (SSSR count). The molecule has 0 atom stereocenters. The van der Waals surface area contributed by atoms with E-state index in [4.69, 9.17) is 0 Å². The van der Waals surface area contributed by atoms with Crippen LogP contribution in [0.1, 0.15) is 18.9 Å². The second kappa shape index (κ2) is 2.93. The standard InChI is InChI=1S/C9H11N3/c1-2-4-7-5-3-6-8-9(7)11-12-10-8/h3,5-6H,2,4H2,1H3,(H,10,11)/q+1. The van der Waals surface area contributed by atoms with Crippen LogP contribution in [0.4, 0.5) is 11.4 Å². The van der Waals surface area contributed by atoms with Gasteiger partial charge >= 0.3 is 5.22 Å². The lowest BCUT2D eigenvalue weighted by molar-refractivity contribution is 0.919. The summed E-state index contributed by atoms with van der Waals surface area (Å²) in [6.07, 6.45) is 2.22. The van der Waals surface area contributed by atoms with Crippen LogP contribution in [-0.4, -0.2) is 0 Å². The third kappa shape index (κ3) is 1.07. The smallest absolute Gasteiger partial charge is 0.0687 e. The molecule has 0 aliphatic carbocycles. The Bertz CT molecular complexity index is 318. The normalized spacial score (nSPS) is 12.8. The lowest BCUT2D eigenvalue weighted by Crippen LogP contribution is -1.91. The van der Waals surface area contributed by atoms with E-state index in [-0.39, 0.29) is 0 Å². The van der Waals surface area contributed by atoms with Gasteiger partial charge in [-0.3, -0.25) is 0 Å². The van der Waals surface area contributed by atoms with E-state index in [0.717, 1.165) is 24.2 Å². The molecule has 1 aromatic rings. The molecular weight excluding hydrogens is 150 g/mol. The number of anilines is 1. The Labute approximate surface area is 71.5 Å². The van der Waals surface area contributed by atoms with Crippen molar-refractivity contribution < 1.29 is 0 Å². The highest BCUT2D eigenvalue weighted by Crippen LogP contribution is 2.31. The first kappa shape index (κ1) is 7.28. The van der Waals surface area contributed by atoms with Crippen LogP contribution >= 0.6 is 0 Å². The maximum Gasteiger partial charge on any atom is 0.331 e. The fourth-order valence-electron chi connectivity index (χ4n) is 1.40. The van der Waals surface area contributed by atoms with E-state index in [1.807, 2.05) is 12.1 Å². The molecule has 0 spiro atoms. The molecule has 12 heavy (non-hydrogen) atoms. The fourth-order valence-corrected chi connectivity index (χ4v) is 1.40. The van der Waals surface area contributed by atoms with E-state index >= 15 is 0 Å². The van der Waals surface area contributed by atoms with Gasteiger partial charge in [0.2, 0.25) is 0 Å². The predicted octanol–water partition coefficient (Wildman–Crippen LogP) is 2.40. The van der Waals surface area contributed by atoms with Gasteiger partial charge in [0.15, 0.2) is 5.69 Å². The van der Waals surface area contributed by atoms with Gasteiger partial charge < -0.3 is 0 Å². The summed E-state index contributed by atoms with van der Waals surface area (Å²) in [5.74, 6) is 0. The van der Waals surface area contributed by atoms with Gasteiger partial charge in [-0.25, -0.2) is 0 Å². The van der Waals surface area contributed by atoms with E-state index in [2.05, 4.69) is 28.8 Å². The topological polar surface area (TPSA) is 38.5 Å². The molecule has 0 unspecified atom stereocenters. The molecule has 0 amide bonds. The average Bonchev–Trinajstić information content (AvgIpc) is 2.53. The van der Waals surface area contributed by atoms with Gasteiger partial charge in [-0.15, -0.1) is 0 Å². The third-order valence-corrected chi connectivity index (χ3v) is 1.96. The zero-order valence-electron chi connectivity index (χ0n) is 7.04. The number of fused-ring (bicyclic) bond motifs is 1. The minimum absolute atomic E-state index is 1.01. The van der Waals surface area contributed by atoms with Crippen LogP contribution in [0.5, 0.6) is 0 Å². The molecular formula is C9H11N3+. The van der Waals surface area contributed by atoms with Crippen molar-refractivity contribution in [3.05, 3.63) is 23.8 Å². The summed E-state index contributed by atoms with van der Waals surface area (Å²) in [4.78, 5) is 0. The highest BCUT2D eigenvalue weighted by molar-refractivity contribution is 5.70. The highest BCUT2D eigenvalue weighted by Gasteiger charge is 2.19. The summed E-state index contributed by atoms with van der Waals surface area (Å²) in [5.41, 5.74) is 6.18. The van der Waals surface area contributed by atoms with Crippen LogP contribution in [0.25, 0.3) is 0 Å². The SMILES string of the molecule is CCCc1cccc2c1N=[N+]N2. The van der Waals surface area contributed by atoms with Crippen LogP contribution in [0.2, 0.25) is 0 Å². The minimum atomic E-state index is 1.01. The lowest BCUT2D eigenvalue weighted by atomic mass is 10.1. The van der Waals surface area contributed by atoms with Crippen molar-refractivity contribution in [1.29, 1.82) is 0 Å². The number of aryl methyl sites for hydroxylation is 1. The molecule has 3 nitrogen and oxygen atoms in total. The predicted molar refractivity (Wildman–Crippen MR) is 48.3 cm³/mol. The molecule has 0 fully saturated rings. The van der Waals surface area contributed by atoms with Gasteiger partial charge in [0.1, 0.15) is 10.8 Å². The van der Waals surface area contributed by atoms with E-state index in [1.165, 1.54) is 5.56 Å². The zero-order chi connectivity index (χ0) is 8.39. The number of hydrogen-bond acceptors (Lipinski definition) is 3. The van der Waals surface area contributed by atoms with Crippen LogP contribution in [0, 0.1) is 0 Å². The first-order valence-corrected chi connectivity index (χ1v) is 4.20. The number of hydrogen-bond donors (Lipinski definition) is 1. The summed E-state index contributed by atoms with van der Waals surface area (Å²) in [5, 5.41) is 7.80. The van der Waals surface area contributed by atoms with Crippen LogP contribution in [0.3, 0.4) is 0 Å². The summed E-state index contributed by atoms with van der Waals surface area (Å²) in [6, 6.07) is 6.13. The number of benzene rings is 1. The Morgan fingerprint density at radius 1 is 1.50 bits per heavy atom. The van der Waals surface area contributed by atoms with Crippen molar-refractivity contribution in [1.82, 2.24) is 5.22 Å². The zero-order valence-corrected chi connectivity index (χ0v) is 7.04. The minimum Gasteiger partial charge on any atom is -0.0687 e. The molecule has 61 valence electrons. The lowest BCUT2D eigenvalue weighted by Gasteiger charge is -1.98. The van der Waals surface area contributed by atoms with Crippen molar-refractivity contribution in [2.75, 3.05) is 5.43 Å². The number of nitrogens with one attached hydrogen (secondary N) is 1. The van der Waals surface area contributed by atoms with Crippen molar-refractivity contribution in [2.45, 2.75) is 19.8 Å². The summed E-state index contributed by atoms with van der Waals surface area (Å²) >= 11 is 0. The molecule has 0 aromatic heterocycles. The van der Waals surface area contributed by atoms with Crippen LogP contribution in [0.15, 0.2) is 23.3 Å². The fraction of sp³-hybridized carbons (Fsp3) is 0.333. The van der Waals surface area contributed by atoms with Crippen molar-refractivity contribution >= 4 is 11.4 Å². The molecule has 0 saturated heterocycles. The van der Waals surface area contributed by atoms with Crippen LogP contribution < -0.4 is 10.6 Å². The second-order valence-corrected chi connectivity index (χ2v) is 2.88.